The smallest absolute Gasteiger partial charge is 0.364 e. The first-order valence-corrected chi connectivity index (χ1v) is 9.88. The third-order valence-corrected chi connectivity index (χ3v) is 3.07. The van der Waals surface area contributed by atoms with Crippen molar-refractivity contribution >= 4 is 17.6 Å². The third kappa shape index (κ3) is 12.5. The van der Waals surface area contributed by atoms with Gasteiger partial charge in [-0.3, -0.25) is 9.51 Å². The topological polar surface area (TPSA) is 145 Å². The number of H-pyrrole nitrogens is 1. The molecule has 0 aromatic carbocycles. The van der Waals surface area contributed by atoms with Crippen LogP contribution in [-0.4, -0.2) is 46.1 Å². The van der Waals surface area contributed by atoms with Gasteiger partial charge in [0.15, 0.2) is 5.69 Å². The summed E-state index contributed by atoms with van der Waals surface area (Å²) in [5.74, 6) is 5.24. The lowest BCUT2D eigenvalue weighted by atomic mass is 10.3. The van der Waals surface area contributed by atoms with E-state index < -0.39 is 5.76 Å². The maximum absolute atomic E-state index is 10.8. The van der Waals surface area contributed by atoms with Gasteiger partial charge in [0, 0.05) is 12.3 Å². The Morgan fingerprint density at radius 1 is 1.23 bits per heavy atom. The Labute approximate surface area is 158 Å². The number of aromatic nitrogens is 4. The number of nitrogens with two attached hydrogens (primary N) is 1. The van der Waals surface area contributed by atoms with Crippen molar-refractivity contribution in [3.05, 3.63) is 10.6 Å². The molecular formula is C15H32N6O4S. The zero-order valence-corrected chi connectivity index (χ0v) is 17.3. The molecule has 0 saturated carbocycles. The molecule has 11 heteroatoms. The van der Waals surface area contributed by atoms with E-state index in [9.17, 15) is 4.79 Å². The highest BCUT2D eigenvalue weighted by Crippen LogP contribution is 2.19. The van der Waals surface area contributed by atoms with Gasteiger partial charge in [0.1, 0.15) is 0 Å². The summed E-state index contributed by atoms with van der Waals surface area (Å²) >= 11 is 1.70. The van der Waals surface area contributed by atoms with Crippen LogP contribution in [0.1, 0.15) is 47.0 Å². The van der Waals surface area contributed by atoms with Gasteiger partial charge in [-0.15, -0.1) is 0 Å². The summed E-state index contributed by atoms with van der Waals surface area (Å²) < 4.78 is 8.93. The molecule has 0 spiro atoms. The SMILES string of the molecule is CC.CCCCC.CON.CSCCNc1nonc1-c1noc(=O)[nH]1. The summed E-state index contributed by atoms with van der Waals surface area (Å²) in [5, 5.41) is 13.8. The van der Waals surface area contributed by atoms with Crippen LogP contribution in [-0.2, 0) is 4.84 Å². The quantitative estimate of drug-likeness (QED) is 0.475. The van der Waals surface area contributed by atoms with Crippen molar-refractivity contribution in [3.63, 3.8) is 0 Å². The van der Waals surface area contributed by atoms with E-state index in [1.807, 2.05) is 20.1 Å². The molecule has 0 aliphatic heterocycles. The predicted molar refractivity (Wildman–Crippen MR) is 105 cm³/mol. The molecular weight excluding hydrogens is 360 g/mol. The summed E-state index contributed by atoms with van der Waals surface area (Å²) in [6.45, 7) is 9.14. The van der Waals surface area contributed by atoms with Crippen molar-refractivity contribution in [3.8, 4) is 11.5 Å². The van der Waals surface area contributed by atoms with E-state index in [-0.39, 0.29) is 5.82 Å². The Balaban J connectivity index is 0. The van der Waals surface area contributed by atoms with Crippen molar-refractivity contribution in [2.75, 3.05) is 31.0 Å². The molecule has 4 N–H and O–H groups in total. The van der Waals surface area contributed by atoms with Gasteiger partial charge in [0.25, 0.3) is 0 Å². The first kappa shape index (κ1) is 26.4. The summed E-state index contributed by atoms with van der Waals surface area (Å²) in [5.41, 5.74) is 0.326. The van der Waals surface area contributed by atoms with Crippen LogP contribution in [0.5, 0.6) is 0 Å². The number of hydrogen-bond donors (Lipinski definition) is 3. The predicted octanol–water partition coefficient (Wildman–Crippen LogP) is 2.92. The Morgan fingerprint density at radius 3 is 2.27 bits per heavy atom. The number of thioether (sulfide) groups is 1. The number of rotatable bonds is 7. The average Bonchev–Trinajstić information content (AvgIpc) is 3.28. The second-order valence-electron chi connectivity index (χ2n) is 4.41. The zero-order valence-electron chi connectivity index (χ0n) is 16.5. The monoisotopic (exact) mass is 392 g/mol. The highest BCUT2D eigenvalue weighted by Gasteiger charge is 2.16. The largest absolute Gasteiger partial charge is 0.439 e. The minimum atomic E-state index is -0.645. The molecule has 2 aromatic rings. The highest BCUT2D eigenvalue weighted by molar-refractivity contribution is 7.98. The maximum atomic E-state index is 10.8. The minimum absolute atomic E-state index is 0.193. The molecule has 2 aromatic heterocycles. The number of unbranched alkanes of at least 4 members (excludes halogenated alkanes) is 2. The van der Waals surface area contributed by atoms with Gasteiger partial charge in [0.05, 0.1) is 7.11 Å². The second-order valence-corrected chi connectivity index (χ2v) is 5.40. The molecule has 0 radical (unpaired) electrons. The van der Waals surface area contributed by atoms with E-state index in [0.29, 0.717) is 18.1 Å². The van der Waals surface area contributed by atoms with Gasteiger partial charge >= 0.3 is 5.76 Å². The van der Waals surface area contributed by atoms with Crippen LogP contribution in [0.25, 0.3) is 11.5 Å². The van der Waals surface area contributed by atoms with Gasteiger partial charge in [-0.25, -0.2) is 15.3 Å². The Morgan fingerprint density at radius 2 is 1.85 bits per heavy atom. The molecule has 152 valence electrons. The van der Waals surface area contributed by atoms with Gasteiger partial charge in [-0.1, -0.05) is 52.1 Å². The fraction of sp³-hybridized carbons (Fsp3) is 0.733. The van der Waals surface area contributed by atoms with Crippen molar-refractivity contribution < 1.29 is 14.0 Å². The van der Waals surface area contributed by atoms with Crippen LogP contribution in [0.2, 0.25) is 0 Å². The zero-order chi connectivity index (χ0) is 20.2. The number of nitrogens with one attached hydrogen (secondary N) is 2. The Kier molecular flexibility index (Phi) is 19.8. The molecule has 10 nitrogen and oxygen atoms in total. The average molecular weight is 393 g/mol. The minimum Gasteiger partial charge on any atom is -0.364 e. The molecule has 0 aliphatic carbocycles. The molecule has 2 rings (SSSR count). The molecule has 26 heavy (non-hydrogen) atoms. The van der Waals surface area contributed by atoms with Gasteiger partial charge < -0.3 is 10.2 Å². The van der Waals surface area contributed by atoms with E-state index in [0.717, 1.165) is 5.75 Å². The van der Waals surface area contributed by atoms with Gasteiger partial charge in [-0.2, -0.15) is 11.8 Å². The van der Waals surface area contributed by atoms with E-state index in [1.54, 1.807) is 11.8 Å². The molecule has 0 amide bonds. The lowest BCUT2D eigenvalue weighted by molar-refractivity contribution is 0.206. The summed E-state index contributed by atoms with van der Waals surface area (Å²) in [6, 6.07) is 0. The first-order valence-electron chi connectivity index (χ1n) is 8.49. The van der Waals surface area contributed by atoms with Crippen molar-refractivity contribution in [2.24, 2.45) is 5.90 Å². The number of nitrogens with zero attached hydrogens (tertiary/aromatic N) is 3. The molecule has 0 saturated heterocycles. The van der Waals surface area contributed by atoms with E-state index in [2.05, 4.69) is 59.5 Å². The normalized spacial score (nSPS) is 9.04. The van der Waals surface area contributed by atoms with Crippen molar-refractivity contribution in [1.29, 1.82) is 0 Å². The van der Waals surface area contributed by atoms with E-state index >= 15 is 0 Å². The van der Waals surface area contributed by atoms with Crippen molar-refractivity contribution in [2.45, 2.75) is 47.0 Å². The van der Waals surface area contributed by atoms with Crippen LogP contribution >= 0.6 is 11.8 Å². The molecule has 0 fully saturated rings. The van der Waals surface area contributed by atoms with Crippen LogP contribution in [0.15, 0.2) is 13.9 Å². The van der Waals surface area contributed by atoms with Crippen LogP contribution in [0, 0.1) is 0 Å². The fourth-order valence-electron chi connectivity index (χ4n) is 1.42. The van der Waals surface area contributed by atoms with Gasteiger partial charge in [-0.05, 0) is 16.6 Å². The van der Waals surface area contributed by atoms with Crippen LogP contribution in [0.3, 0.4) is 0 Å². The molecule has 0 aliphatic rings. The van der Waals surface area contributed by atoms with E-state index in [4.69, 9.17) is 0 Å². The Hall–Kier alpha value is -1.85. The van der Waals surface area contributed by atoms with Crippen LogP contribution in [0.4, 0.5) is 5.82 Å². The molecule has 0 unspecified atom stereocenters. The fourth-order valence-corrected chi connectivity index (χ4v) is 1.72. The standard InChI is InChI=1S/C7H9N5O3S.C5H12.C2H6.CH5NO/c1-16-3-2-8-5-4(10-15-12-5)6-9-7(13)14-11-6;1-3-5-4-2;1-2;1-3-2/h2-3H2,1H3,(H,8,12)(H,9,11,13);3-5H2,1-2H3;1-2H3;2H2,1H3. The summed E-state index contributed by atoms with van der Waals surface area (Å²) in [6.07, 6.45) is 6.08. The molecule has 0 bridgehead atoms. The third-order valence-electron chi connectivity index (χ3n) is 2.46. The number of anilines is 1. The van der Waals surface area contributed by atoms with Gasteiger partial charge in [0.2, 0.25) is 11.6 Å². The maximum Gasteiger partial charge on any atom is 0.439 e. The summed E-state index contributed by atoms with van der Waals surface area (Å²) in [7, 11) is 1.40. The molecule has 2 heterocycles. The first-order chi connectivity index (χ1) is 12.6. The van der Waals surface area contributed by atoms with E-state index in [1.165, 1.54) is 26.4 Å². The Bertz CT molecular complexity index is 570. The second kappa shape index (κ2) is 19.5. The number of aromatic amines is 1. The highest BCUT2D eigenvalue weighted by atomic mass is 32.2. The molecule has 0 atom stereocenters. The van der Waals surface area contributed by atoms with Crippen molar-refractivity contribution in [1.82, 2.24) is 20.5 Å². The summed E-state index contributed by atoms with van der Waals surface area (Å²) in [4.78, 5) is 16.9. The van der Waals surface area contributed by atoms with Crippen LogP contribution < -0.4 is 17.0 Å². The number of hydrogen-bond acceptors (Lipinski definition) is 10. The lowest BCUT2D eigenvalue weighted by Crippen LogP contribution is -2.05. The lowest BCUT2D eigenvalue weighted by Gasteiger charge is -1.99.